The van der Waals surface area contributed by atoms with Crippen molar-refractivity contribution in [2.75, 3.05) is 13.2 Å². The van der Waals surface area contributed by atoms with Crippen molar-refractivity contribution in [3.8, 4) is 5.75 Å². The van der Waals surface area contributed by atoms with Crippen molar-refractivity contribution in [1.29, 1.82) is 0 Å². The molecule has 0 heterocycles. The number of aliphatic hydroxyl groups excluding tert-OH is 1. The Bertz CT molecular complexity index is 376. The molecule has 0 aliphatic carbocycles. The Hall–Kier alpha value is -0.100. The molecular formula is C14H21Br2NO2. The number of nitrogens with one attached hydrogen (secondary N) is 1. The SMILES string of the molecule is CCCC(O)CNCc1cc(Br)c(OCC)c(Br)c1. The van der Waals surface area contributed by atoms with E-state index in [4.69, 9.17) is 4.74 Å². The van der Waals surface area contributed by atoms with Crippen molar-refractivity contribution < 1.29 is 9.84 Å². The Morgan fingerprint density at radius 1 is 1.26 bits per heavy atom. The molecule has 0 fully saturated rings. The van der Waals surface area contributed by atoms with Crippen LogP contribution in [0.25, 0.3) is 0 Å². The lowest BCUT2D eigenvalue weighted by atomic mass is 10.2. The van der Waals surface area contributed by atoms with Crippen molar-refractivity contribution in [1.82, 2.24) is 5.32 Å². The molecule has 0 saturated carbocycles. The number of aliphatic hydroxyl groups is 1. The molecule has 19 heavy (non-hydrogen) atoms. The standard InChI is InChI=1S/C14H21Br2NO2/c1-3-5-11(18)9-17-8-10-6-12(15)14(19-4-2)13(16)7-10/h6-7,11,17-18H,3-5,8-9H2,1-2H3. The van der Waals surface area contributed by atoms with Gasteiger partial charge in [-0.3, -0.25) is 0 Å². The minimum absolute atomic E-state index is 0.264. The van der Waals surface area contributed by atoms with Crippen molar-refractivity contribution in [3.63, 3.8) is 0 Å². The number of rotatable bonds is 8. The first-order chi connectivity index (χ1) is 9.08. The van der Waals surface area contributed by atoms with E-state index >= 15 is 0 Å². The summed E-state index contributed by atoms with van der Waals surface area (Å²) < 4.78 is 7.42. The fourth-order valence-electron chi connectivity index (χ4n) is 1.82. The quantitative estimate of drug-likeness (QED) is 0.703. The molecule has 108 valence electrons. The average molecular weight is 395 g/mol. The van der Waals surface area contributed by atoms with Crippen LogP contribution in [0.4, 0.5) is 0 Å². The van der Waals surface area contributed by atoms with Gasteiger partial charge in [0.25, 0.3) is 0 Å². The molecule has 0 spiro atoms. The highest BCUT2D eigenvalue weighted by Gasteiger charge is 2.09. The van der Waals surface area contributed by atoms with Gasteiger partial charge in [-0.25, -0.2) is 0 Å². The summed E-state index contributed by atoms with van der Waals surface area (Å²) in [5, 5.41) is 12.9. The third kappa shape index (κ3) is 5.81. The van der Waals surface area contributed by atoms with Crippen LogP contribution >= 0.6 is 31.9 Å². The van der Waals surface area contributed by atoms with Gasteiger partial charge in [0.15, 0.2) is 0 Å². The number of hydrogen-bond donors (Lipinski definition) is 2. The van der Waals surface area contributed by atoms with Crippen LogP contribution < -0.4 is 10.1 Å². The maximum absolute atomic E-state index is 9.65. The lowest BCUT2D eigenvalue weighted by molar-refractivity contribution is 0.160. The van der Waals surface area contributed by atoms with Gasteiger partial charge in [-0.05, 0) is 62.9 Å². The predicted molar refractivity (Wildman–Crippen MR) is 85.6 cm³/mol. The van der Waals surface area contributed by atoms with Crippen LogP contribution in [0.15, 0.2) is 21.1 Å². The minimum Gasteiger partial charge on any atom is -0.492 e. The molecule has 0 amide bonds. The van der Waals surface area contributed by atoms with Crippen molar-refractivity contribution in [2.24, 2.45) is 0 Å². The molecule has 0 saturated heterocycles. The van der Waals surface area contributed by atoms with Crippen LogP contribution in [-0.2, 0) is 6.54 Å². The second-order valence-corrected chi connectivity index (χ2v) is 6.10. The largest absolute Gasteiger partial charge is 0.492 e. The van der Waals surface area contributed by atoms with E-state index in [1.54, 1.807) is 0 Å². The summed E-state index contributed by atoms with van der Waals surface area (Å²) in [5.74, 6) is 0.831. The van der Waals surface area contributed by atoms with Gasteiger partial charge in [-0.15, -0.1) is 0 Å². The van der Waals surface area contributed by atoms with Crippen molar-refractivity contribution in [2.45, 2.75) is 39.3 Å². The molecule has 0 bridgehead atoms. The van der Waals surface area contributed by atoms with Gasteiger partial charge in [0.1, 0.15) is 5.75 Å². The number of hydrogen-bond acceptors (Lipinski definition) is 3. The molecule has 1 rings (SSSR count). The van der Waals surface area contributed by atoms with Crippen LogP contribution in [0, 0.1) is 0 Å². The highest BCUT2D eigenvalue weighted by Crippen LogP contribution is 2.34. The Balaban J connectivity index is 2.55. The second-order valence-electron chi connectivity index (χ2n) is 4.40. The van der Waals surface area contributed by atoms with Gasteiger partial charge in [-0.1, -0.05) is 13.3 Å². The number of ether oxygens (including phenoxy) is 1. The maximum atomic E-state index is 9.65. The van der Waals surface area contributed by atoms with Gasteiger partial charge in [0.2, 0.25) is 0 Å². The summed E-state index contributed by atoms with van der Waals surface area (Å²) >= 11 is 7.03. The van der Waals surface area contributed by atoms with Crippen LogP contribution in [0.2, 0.25) is 0 Å². The summed E-state index contributed by atoms with van der Waals surface area (Å²) in [6, 6.07) is 4.07. The highest BCUT2D eigenvalue weighted by atomic mass is 79.9. The van der Waals surface area contributed by atoms with E-state index in [0.29, 0.717) is 13.2 Å². The minimum atomic E-state index is -0.264. The normalized spacial score (nSPS) is 12.5. The Morgan fingerprint density at radius 3 is 2.42 bits per heavy atom. The van der Waals surface area contributed by atoms with Crippen LogP contribution in [0.5, 0.6) is 5.75 Å². The smallest absolute Gasteiger partial charge is 0.147 e. The number of benzene rings is 1. The van der Waals surface area contributed by atoms with Crippen LogP contribution in [0.3, 0.4) is 0 Å². The van der Waals surface area contributed by atoms with Gasteiger partial charge in [-0.2, -0.15) is 0 Å². The molecular weight excluding hydrogens is 374 g/mol. The zero-order valence-corrected chi connectivity index (χ0v) is 14.6. The summed E-state index contributed by atoms with van der Waals surface area (Å²) in [6.07, 6.45) is 1.58. The Kier molecular flexibility index (Phi) is 7.99. The molecule has 1 aromatic rings. The molecule has 0 aromatic heterocycles. The molecule has 0 aliphatic heterocycles. The predicted octanol–water partition coefficient (Wildman–Crippen LogP) is 3.86. The van der Waals surface area contributed by atoms with Crippen molar-refractivity contribution >= 4 is 31.9 Å². The maximum Gasteiger partial charge on any atom is 0.147 e. The van der Waals surface area contributed by atoms with Gasteiger partial charge in [0, 0.05) is 13.1 Å². The Labute approximate surface area is 132 Å². The molecule has 2 N–H and O–H groups in total. The molecule has 0 radical (unpaired) electrons. The lowest BCUT2D eigenvalue weighted by Crippen LogP contribution is -2.26. The molecule has 1 aromatic carbocycles. The summed E-state index contributed by atoms with van der Waals surface area (Å²) in [5.41, 5.74) is 1.14. The first-order valence-electron chi connectivity index (χ1n) is 6.58. The van der Waals surface area contributed by atoms with Crippen LogP contribution in [-0.4, -0.2) is 24.4 Å². The van der Waals surface area contributed by atoms with Gasteiger partial charge >= 0.3 is 0 Å². The van der Waals surface area contributed by atoms with Crippen molar-refractivity contribution in [3.05, 3.63) is 26.6 Å². The zero-order valence-electron chi connectivity index (χ0n) is 11.4. The summed E-state index contributed by atoms with van der Waals surface area (Å²) in [4.78, 5) is 0. The summed E-state index contributed by atoms with van der Waals surface area (Å²) in [6.45, 7) is 6.02. The van der Waals surface area contributed by atoms with Crippen LogP contribution in [0.1, 0.15) is 32.3 Å². The lowest BCUT2D eigenvalue weighted by Gasteiger charge is -2.13. The van der Waals surface area contributed by atoms with E-state index in [0.717, 1.165) is 39.6 Å². The van der Waals surface area contributed by atoms with Gasteiger partial charge < -0.3 is 15.2 Å². The number of halogens is 2. The summed E-state index contributed by atoms with van der Waals surface area (Å²) in [7, 11) is 0. The topological polar surface area (TPSA) is 41.5 Å². The molecule has 1 unspecified atom stereocenters. The van der Waals surface area contributed by atoms with E-state index in [1.165, 1.54) is 0 Å². The fourth-order valence-corrected chi connectivity index (χ4v) is 3.33. The Morgan fingerprint density at radius 2 is 1.89 bits per heavy atom. The van der Waals surface area contributed by atoms with E-state index in [1.807, 2.05) is 19.1 Å². The highest BCUT2D eigenvalue weighted by molar-refractivity contribution is 9.11. The fraction of sp³-hybridized carbons (Fsp3) is 0.571. The van der Waals surface area contributed by atoms with E-state index in [2.05, 4.69) is 44.1 Å². The monoisotopic (exact) mass is 393 g/mol. The first-order valence-corrected chi connectivity index (χ1v) is 8.16. The molecule has 0 aliphatic rings. The third-order valence-corrected chi connectivity index (χ3v) is 3.86. The van der Waals surface area contributed by atoms with E-state index in [-0.39, 0.29) is 6.10 Å². The average Bonchev–Trinajstić information content (AvgIpc) is 2.34. The molecule has 1 atom stereocenters. The zero-order chi connectivity index (χ0) is 14.3. The van der Waals surface area contributed by atoms with E-state index < -0.39 is 0 Å². The second kappa shape index (κ2) is 8.95. The molecule has 3 nitrogen and oxygen atoms in total. The molecule has 5 heteroatoms. The van der Waals surface area contributed by atoms with E-state index in [9.17, 15) is 5.11 Å². The van der Waals surface area contributed by atoms with Gasteiger partial charge in [0.05, 0.1) is 21.7 Å². The third-order valence-electron chi connectivity index (χ3n) is 2.68. The first kappa shape index (κ1) is 17.0.